The Hall–Kier alpha value is -3.61. The fraction of sp³-hybridized carbons (Fsp3) is 0.269. The number of hydrazone groups is 1. The van der Waals surface area contributed by atoms with Crippen molar-refractivity contribution in [1.82, 2.24) is 5.01 Å². The Morgan fingerprint density at radius 2 is 1.76 bits per heavy atom. The zero-order valence-corrected chi connectivity index (χ0v) is 18.4. The van der Waals surface area contributed by atoms with E-state index in [1.54, 1.807) is 0 Å². The molecule has 2 unspecified atom stereocenters. The second kappa shape index (κ2) is 8.73. The van der Waals surface area contributed by atoms with Gasteiger partial charge in [-0.05, 0) is 61.9 Å². The number of hydrogen-bond acceptors (Lipinski definition) is 5. The molecule has 3 aromatic carbocycles. The summed E-state index contributed by atoms with van der Waals surface area (Å²) in [5.74, 6) is 0.204. The van der Waals surface area contributed by atoms with Crippen LogP contribution in [0.3, 0.4) is 0 Å². The minimum absolute atomic E-state index is 0.131. The molecular weight excluding hydrogens is 426 g/mol. The lowest BCUT2D eigenvalue weighted by Crippen LogP contribution is -2.34. The van der Waals surface area contributed by atoms with Gasteiger partial charge in [0, 0.05) is 17.5 Å². The van der Waals surface area contributed by atoms with Gasteiger partial charge < -0.3 is 14.2 Å². The van der Waals surface area contributed by atoms with Crippen LogP contribution in [0.1, 0.15) is 49.2 Å². The van der Waals surface area contributed by atoms with Gasteiger partial charge in [0.25, 0.3) is 0 Å². The van der Waals surface area contributed by atoms with Gasteiger partial charge in [0.1, 0.15) is 5.75 Å². The van der Waals surface area contributed by atoms with Crippen LogP contribution in [0, 0.1) is 11.6 Å². The molecule has 7 heteroatoms. The molecule has 0 amide bonds. The Bertz CT molecular complexity index is 1200. The summed E-state index contributed by atoms with van der Waals surface area (Å²) in [7, 11) is 0. The molecule has 33 heavy (non-hydrogen) atoms. The summed E-state index contributed by atoms with van der Waals surface area (Å²) < 4.78 is 45.4. The van der Waals surface area contributed by atoms with E-state index < -0.39 is 17.9 Å². The molecule has 2 aliphatic rings. The molecule has 0 saturated carbocycles. The SMILES string of the molecule is CCOc1ccc(C2=NN3C(C2)c2cccc(OCC)c2OC3c2ccc(F)c(F)c2)cc1. The number of hydrogen-bond donors (Lipinski definition) is 0. The van der Waals surface area contributed by atoms with E-state index in [0.29, 0.717) is 36.7 Å². The Morgan fingerprint density at radius 3 is 2.48 bits per heavy atom. The van der Waals surface area contributed by atoms with Crippen molar-refractivity contribution in [3.8, 4) is 17.2 Å². The average Bonchev–Trinajstić information content (AvgIpc) is 3.27. The fourth-order valence-corrected chi connectivity index (χ4v) is 4.32. The summed E-state index contributed by atoms with van der Waals surface area (Å²) in [4.78, 5) is 0. The molecule has 2 heterocycles. The van der Waals surface area contributed by atoms with Crippen molar-refractivity contribution < 1.29 is 23.0 Å². The van der Waals surface area contributed by atoms with E-state index in [4.69, 9.17) is 19.3 Å². The van der Waals surface area contributed by atoms with Crippen LogP contribution in [0.2, 0.25) is 0 Å². The minimum atomic E-state index is -0.925. The first-order chi connectivity index (χ1) is 16.1. The third kappa shape index (κ3) is 3.88. The number of fused-ring (bicyclic) bond motifs is 3. The zero-order chi connectivity index (χ0) is 22.9. The highest BCUT2D eigenvalue weighted by atomic mass is 19.2. The summed E-state index contributed by atoms with van der Waals surface area (Å²) in [6.45, 7) is 4.93. The second-order valence-corrected chi connectivity index (χ2v) is 7.86. The fourth-order valence-electron chi connectivity index (χ4n) is 4.32. The van der Waals surface area contributed by atoms with Crippen molar-refractivity contribution in [2.75, 3.05) is 13.2 Å². The molecule has 0 N–H and O–H groups in total. The summed E-state index contributed by atoms with van der Waals surface area (Å²) in [6, 6.07) is 17.2. The topological polar surface area (TPSA) is 43.3 Å². The van der Waals surface area contributed by atoms with Gasteiger partial charge in [0.15, 0.2) is 23.1 Å². The summed E-state index contributed by atoms with van der Waals surface area (Å²) >= 11 is 0. The molecule has 5 rings (SSSR count). The van der Waals surface area contributed by atoms with E-state index >= 15 is 0 Å². The van der Waals surface area contributed by atoms with Crippen LogP contribution in [0.5, 0.6) is 17.2 Å². The highest BCUT2D eigenvalue weighted by Gasteiger charge is 2.42. The first kappa shape index (κ1) is 21.2. The van der Waals surface area contributed by atoms with Crippen LogP contribution in [0.15, 0.2) is 65.8 Å². The lowest BCUT2D eigenvalue weighted by Gasteiger charge is -2.38. The van der Waals surface area contributed by atoms with Crippen molar-refractivity contribution in [3.05, 3.63) is 89.0 Å². The third-order valence-electron chi connectivity index (χ3n) is 5.81. The number of halogens is 2. The number of benzene rings is 3. The van der Waals surface area contributed by atoms with Crippen LogP contribution in [-0.4, -0.2) is 23.9 Å². The maximum atomic E-state index is 14.1. The predicted octanol–water partition coefficient (Wildman–Crippen LogP) is 6.00. The van der Waals surface area contributed by atoms with Gasteiger partial charge in [0.2, 0.25) is 6.23 Å². The van der Waals surface area contributed by atoms with Gasteiger partial charge in [-0.25, -0.2) is 13.8 Å². The molecular formula is C26H24F2N2O3. The maximum absolute atomic E-state index is 14.1. The molecule has 0 saturated heterocycles. The molecule has 0 radical (unpaired) electrons. The van der Waals surface area contributed by atoms with Gasteiger partial charge in [-0.1, -0.05) is 18.2 Å². The van der Waals surface area contributed by atoms with E-state index in [2.05, 4.69) is 0 Å². The van der Waals surface area contributed by atoms with Crippen molar-refractivity contribution in [1.29, 1.82) is 0 Å². The summed E-state index contributed by atoms with van der Waals surface area (Å²) in [5, 5.41) is 6.70. The monoisotopic (exact) mass is 450 g/mol. The van der Waals surface area contributed by atoms with Gasteiger partial charge >= 0.3 is 0 Å². The van der Waals surface area contributed by atoms with E-state index in [9.17, 15) is 8.78 Å². The van der Waals surface area contributed by atoms with Crippen LogP contribution < -0.4 is 14.2 Å². The highest BCUT2D eigenvalue weighted by Crippen LogP contribution is 2.50. The first-order valence-electron chi connectivity index (χ1n) is 11.1. The van der Waals surface area contributed by atoms with E-state index in [1.165, 1.54) is 6.07 Å². The van der Waals surface area contributed by atoms with Crippen LogP contribution in [-0.2, 0) is 0 Å². The molecule has 5 nitrogen and oxygen atoms in total. The lowest BCUT2D eigenvalue weighted by molar-refractivity contribution is -0.0214. The van der Waals surface area contributed by atoms with Crippen molar-refractivity contribution >= 4 is 5.71 Å². The number of para-hydroxylation sites is 1. The van der Waals surface area contributed by atoms with E-state index in [0.717, 1.165) is 34.7 Å². The Labute approximate surface area is 191 Å². The lowest BCUT2D eigenvalue weighted by atomic mass is 9.95. The highest BCUT2D eigenvalue weighted by molar-refractivity contribution is 6.02. The minimum Gasteiger partial charge on any atom is -0.494 e. The van der Waals surface area contributed by atoms with Crippen molar-refractivity contribution in [3.63, 3.8) is 0 Å². The van der Waals surface area contributed by atoms with Crippen LogP contribution in [0.4, 0.5) is 8.78 Å². The number of nitrogens with zero attached hydrogens (tertiary/aromatic N) is 2. The van der Waals surface area contributed by atoms with Crippen molar-refractivity contribution in [2.45, 2.75) is 32.5 Å². The normalized spacial score (nSPS) is 18.8. The third-order valence-corrected chi connectivity index (χ3v) is 5.81. The van der Waals surface area contributed by atoms with Gasteiger partial charge in [-0.2, -0.15) is 5.10 Å². The van der Waals surface area contributed by atoms with Crippen LogP contribution in [0.25, 0.3) is 0 Å². The Morgan fingerprint density at radius 1 is 0.970 bits per heavy atom. The molecule has 0 aromatic heterocycles. The Kier molecular flexibility index (Phi) is 5.62. The quantitative estimate of drug-likeness (QED) is 0.462. The molecule has 2 atom stereocenters. The molecule has 0 aliphatic carbocycles. The Balaban J connectivity index is 1.57. The molecule has 0 fully saturated rings. The molecule has 170 valence electrons. The largest absolute Gasteiger partial charge is 0.494 e. The number of rotatable bonds is 6. The molecule has 2 aliphatic heterocycles. The molecule has 3 aromatic rings. The van der Waals surface area contributed by atoms with Gasteiger partial charge in [0.05, 0.1) is 25.0 Å². The standard InChI is InChI=1S/C26H24F2N2O3/c1-3-31-18-11-8-16(9-12-18)22-15-23-19-6-5-7-24(32-4-2)25(19)33-26(30(23)29-22)17-10-13-20(27)21(28)14-17/h5-14,23,26H,3-4,15H2,1-2H3. The van der Waals surface area contributed by atoms with Gasteiger partial charge in [-0.15, -0.1) is 0 Å². The van der Waals surface area contributed by atoms with E-state index in [1.807, 2.05) is 61.3 Å². The average molecular weight is 450 g/mol. The van der Waals surface area contributed by atoms with E-state index in [-0.39, 0.29) is 6.04 Å². The second-order valence-electron chi connectivity index (χ2n) is 7.86. The van der Waals surface area contributed by atoms with Crippen LogP contribution >= 0.6 is 0 Å². The maximum Gasteiger partial charge on any atom is 0.214 e. The van der Waals surface area contributed by atoms with Crippen molar-refractivity contribution in [2.24, 2.45) is 5.10 Å². The smallest absolute Gasteiger partial charge is 0.214 e. The van der Waals surface area contributed by atoms with Gasteiger partial charge in [-0.3, -0.25) is 0 Å². The summed E-state index contributed by atoms with van der Waals surface area (Å²) in [6.07, 6.45) is -0.0838. The number of ether oxygens (including phenoxy) is 3. The summed E-state index contributed by atoms with van der Waals surface area (Å²) in [5.41, 5.74) is 3.28. The first-order valence-corrected chi connectivity index (χ1v) is 11.1. The zero-order valence-electron chi connectivity index (χ0n) is 18.4. The molecule has 0 bridgehead atoms. The molecule has 0 spiro atoms. The predicted molar refractivity (Wildman–Crippen MR) is 121 cm³/mol.